The first kappa shape index (κ1) is 11.0. The van der Waals surface area contributed by atoms with Crippen molar-refractivity contribution in [3.8, 4) is 0 Å². The molecule has 1 saturated heterocycles. The molecule has 0 aromatic heterocycles. The molecule has 0 radical (unpaired) electrons. The van der Waals surface area contributed by atoms with Crippen LogP contribution in [0.5, 0.6) is 0 Å². The average Bonchev–Trinajstić information content (AvgIpc) is 2.49. The van der Waals surface area contributed by atoms with Gasteiger partial charge in [-0.25, -0.2) is 0 Å². The fourth-order valence-electron chi connectivity index (χ4n) is 1.11. The Morgan fingerprint density at radius 2 is 2.14 bits per heavy atom. The van der Waals surface area contributed by atoms with Gasteiger partial charge in [0.1, 0.15) is 12.7 Å². The van der Waals surface area contributed by atoms with Crippen LogP contribution in [-0.4, -0.2) is 24.6 Å². The van der Waals surface area contributed by atoms with Crippen molar-refractivity contribution >= 4 is 11.9 Å². The smallest absolute Gasteiger partial charge is 0.309 e. The summed E-state index contributed by atoms with van der Waals surface area (Å²) in [6.45, 7) is 5.95. The Kier molecular flexibility index (Phi) is 3.49. The SMILES string of the molecule is CC(C)C(C)C(=O)OC1COC(=O)C1. The van der Waals surface area contributed by atoms with Crippen LogP contribution in [-0.2, 0) is 19.1 Å². The highest BCUT2D eigenvalue weighted by Gasteiger charge is 2.29. The molecule has 14 heavy (non-hydrogen) atoms. The highest BCUT2D eigenvalue weighted by Crippen LogP contribution is 2.16. The lowest BCUT2D eigenvalue weighted by atomic mass is 9.98. The van der Waals surface area contributed by atoms with Crippen LogP contribution >= 0.6 is 0 Å². The molecule has 4 heteroatoms. The summed E-state index contributed by atoms with van der Waals surface area (Å²) in [5.74, 6) is -0.422. The molecule has 2 atom stereocenters. The number of rotatable bonds is 3. The van der Waals surface area contributed by atoms with Crippen LogP contribution in [0.4, 0.5) is 0 Å². The minimum atomic E-state index is -0.379. The summed E-state index contributed by atoms with van der Waals surface area (Å²) >= 11 is 0. The quantitative estimate of drug-likeness (QED) is 0.641. The Bertz CT molecular complexity index is 234. The van der Waals surface area contributed by atoms with Gasteiger partial charge in [0, 0.05) is 0 Å². The molecule has 80 valence electrons. The molecule has 2 unspecified atom stereocenters. The Morgan fingerprint density at radius 1 is 1.50 bits per heavy atom. The van der Waals surface area contributed by atoms with E-state index in [1.165, 1.54) is 0 Å². The van der Waals surface area contributed by atoms with E-state index in [2.05, 4.69) is 0 Å². The molecular formula is C10H16O4. The van der Waals surface area contributed by atoms with E-state index in [4.69, 9.17) is 9.47 Å². The molecule has 0 aliphatic carbocycles. The van der Waals surface area contributed by atoms with Gasteiger partial charge in [-0.3, -0.25) is 9.59 Å². The van der Waals surface area contributed by atoms with Crippen LogP contribution in [0.1, 0.15) is 27.2 Å². The van der Waals surface area contributed by atoms with E-state index in [-0.39, 0.29) is 42.9 Å². The summed E-state index contributed by atoms with van der Waals surface area (Å²) in [7, 11) is 0. The lowest BCUT2D eigenvalue weighted by Gasteiger charge is -2.16. The second-order valence-corrected chi connectivity index (χ2v) is 3.98. The van der Waals surface area contributed by atoms with Crippen LogP contribution in [0.15, 0.2) is 0 Å². The maximum atomic E-state index is 11.5. The normalized spacial score (nSPS) is 23.4. The van der Waals surface area contributed by atoms with E-state index >= 15 is 0 Å². The predicted molar refractivity (Wildman–Crippen MR) is 49.5 cm³/mol. The zero-order valence-electron chi connectivity index (χ0n) is 8.78. The Labute approximate surface area is 83.6 Å². The molecule has 1 fully saturated rings. The third-order valence-electron chi connectivity index (χ3n) is 2.48. The fraction of sp³-hybridized carbons (Fsp3) is 0.800. The van der Waals surface area contributed by atoms with Gasteiger partial charge in [0.15, 0.2) is 0 Å². The van der Waals surface area contributed by atoms with E-state index in [1.807, 2.05) is 20.8 Å². The first-order chi connectivity index (χ1) is 6.50. The van der Waals surface area contributed by atoms with Gasteiger partial charge in [-0.2, -0.15) is 0 Å². The van der Waals surface area contributed by atoms with Crippen LogP contribution in [0.25, 0.3) is 0 Å². The Morgan fingerprint density at radius 3 is 2.57 bits per heavy atom. The minimum Gasteiger partial charge on any atom is -0.462 e. The molecular weight excluding hydrogens is 184 g/mol. The molecule has 0 aromatic carbocycles. The van der Waals surface area contributed by atoms with Crippen molar-refractivity contribution < 1.29 is 19.1 Å². The van der Waals surface area contributed by atoms with Crippen molar-refractivity contribution in [2.24, 2.45) is 11.8 Å². The molecule has 0 N–H and O–H groups in total. The maximum absolute atomic E-state index is 11.5. The van der Waals surface area contributed by atoms with Gasteiger partial charge in [-0.1, -0.05) is 20.8 Å². The monoisotopic (exact) mass is 200 g/mol. The largest absolute Gasteiger partial charge is 0.462 e. The summed E-state index contributed by atoms with van der Waals surface area (Å²) in [5.41, 5.74) is 0. The minimum absolute atomic E-state index is 0.134. The first-order valence-electron chi connectivity index (χ1n) is 4.86. The molecule has 1 heterocycles. The number of carbonyl (C=O) groups is 2. The highest BCUT2D eigenvalue weighted by molar-refractivity contribution is 5.75. The average molecular weight is 200 g/mol. The van der Waals surface area contributed by atoms with Crippen molar-refractivity contribution in [2.45, 2.75) is 33.3 Å². The van der Waals surface area contributed by atoms with Gasteiger partial charge >= 0.3 is 11.9 Å². The zero-order chi connectivity index (χ0) is 10.7. The second-order valence-electron chi connectivity index (χ2n) is 3.98. The van der Waals surface area contributed by atoms with Gasteiger partial charge in [0.2, 0.25) is 0 Å². The van der Waals surface area contributed by atoms with E-state index in [0.717, 1.165) is 0 Å². The van der Waals surface area contributed by atoms with Crippen molar-refractivity contribution in [3.05, 3.63) is 0 Å². The number of hydrogen-bond donors (Lipinski definition) is 0. The van der Waals surface area contributed by atoms with E-state index < -0.39 is 0 Å². The third kappa shape index (κ3) is 2.72. The van der Waals surface area contributed by atoms with Crippen molar-refractivity contribution in [2.75, 3.05) is 6.61 Å². The summed E-state index contributed by atoms with van der Waals surface area (Å²) in [6, 6.07) is 0. The van der Waals surface area contributed by atoms with Crippen LogP contribution in [0, 0.1) is 11.8 Å². The number of cyclic esters (lactones) is 1. The summed E-state index contributed by atoms with van der Waals surface area (Å²) in [6.07, 6.45) is -0.187. The zero-order valence-corrected chi connectivity index (χ0v) is 8.78. The first-order valence-corrected chi connectivity index (χ1v) is 4.86. The number of carbonyl (C=O) groups excluding carboxylic acids is 2. The lowest BCUT2D eigenvalue weighted by Crippen LogP contribution is -2.25. The van der Waals surface area contributed by atoms with E-state index in [1.54, 1.807) is 0 Å². The van der Waals surface area contributed by atoms with Gasteiger partial charge < -0.3 is 9.47 Å². The molecule has 1 rings (SSSR count). The topological polar surface area (TPSA) is 52.6 Å². The molecule has 1 aliphatic rings. The number of hydrogen-bond acceptors (Lipinski definition) is 4. The highest BCUT2D eigenvalue weighted by atomic mass is 16.6. The van der Waals surface area contributed by atoms with Crippen molar-refractivity contribution in [1.29, 1.82) is 0 Å². The number of esters is 2. The number of ether oxygens (including phenoxy) is 2. The molecule has 0 aromatic rings. The summed E-state index contributed by atoms with van der Waals surface area (Å²) in [4.78, 5) is 22.2. The van der Waals surface area contributed by atoms with Gasteiger partial charge in [0.05, 0.1) is 12.3 Å². The van der Waals surface area contributed by atoms with Gasteiger partial charge in [0.25, 0.3) is 0 Å². The third-order valence-corrected chi connectivity index (χ3v) is 2.48. The summed E-state index contributed by atoms with van der Waals surface area (Å²) < 4.78 is 9.81. The van der Waals surface area contributed by atoms with Crippen molar-refractivity contribution in [1.82, 2.24) is 0 Å². The lowest BCUT2D eigenvalue weighted by molar-refractivity contribution is -0.154. The van der Waals surface area contributed by atoms with Crippen molar-refractivity contribution in [3.63, 3.8) is 0 Å². The predicted octanol–water partition coefficient (Wildman–Crippen LogP) is 1.14. The molecule has 4 nitrogen and oxygen atoms in total. The molecule has 0 bridgehead atoms. The Balaban J connectivity index is 2.37. The van der Waals surface area contributed by atoms with Crippen LogP contribution in [0.3, 0.4) is 0 Å². The maximum Gasteiger partial charge on any atom is 0.309 e. The molecule has 0 spiro atoms. The van der Waals surface area contributed by atoms with Gasteiger partial charge in [-0.15, -0.1) is 0 Å². The van der Waals surface area contributed by atoms with Gasteiger partial charge in [-0.05, 0) is 5.92 Å². The van der Waals surface area contributed by atoms with Crippen LogP contribution < -0.4 is 0 Å². The Hall–Kier alpha value is -1.06. The molecule has 0 amide bonds. The molecule has 1 aliphatic heterocycles. The summed E-state index contributed by atoms with van der Waals surface area (Å²) in [5, 5.41) is 0. The fourth-order valence-corrected chi connectivity index (χ4v) is 1.11. The standard InChI is InChI=1S/C10H16O4/c1-6(2)7(3)10(12)14-8-4-9(11)13-5-8/h6-8H,4-5H2,1-3H3. The second kappa shape index (κ2) is 4.44. The van der Waals surface area contributed by atoms with Crippen LogP contribution in [0.2, 0.25) is 0 Å². The van der Waals surface area contributed by atoms with E-state index in [9.17, 15) is 9.59 Å². The molecule has 0 saturated carbocycles. The van der Waals surface area contributed by atoms with E-state index in [0.29, 0.717) is 0 Å².